The summed E-state index contributed by atoms with van der Waals surface area (Å²) in [5.74, 6) is -1.43. The van der Waals surface area contributed by atoms with Crippen LogP contribution in [0, 0.1) is 7.14 Å². The van der Waals surface area contributed by atoms with Crippen molar-refractivity contribution in [3.05, 3.63) is 60.7 Å². The van der Waals surface area contributed by atoms with Gasteiger partial charge < -0.3 is 10.4 Å². The van der Waals surface area contributed by atoms with Crippen LogP contribution in [-0.2, 0) is 0 Å². The summed E-state index contributed by atoms with van der Waals surface area (Å²) in [7, 11) is 0. The lowest BCUT2D eigenvalue weighted by atomic mass is 10.2. The predicted octanol–water partition coefficient (Wildman–Crippen LogP) is 3.72. The van der Waals surface area contributed by atoms with Crippen LogP contribution < -0.4 is 10.6 Å². The number of nitrogens with one attached hydrogen (secondary N) is 2. The molecule has 0 aromatic heterocycles. The van der Waals surface area contributed by atoms with E-state index in [1.54, 1.807) is 30.3 Å². The van der Waals surface area contributed by atoms with Gasteiger partial charge in [-0.25, -0.2) is 4.79 Å². The van der Waals surface area contributed by atoms with Gasteiger partial charge in [0.1, 0.15) is 0 Å². The minimum absolute atomic E-state index is 0.0394. The van der Waals surface area contributed by atoms with Crippen LogP contribution in [0.5, 0.6) is 0 Å². The number of carboxylic acid groups (broad SMARTS) is 1. The monoisotopic (exact) mass is 552 g/mol. The summed E-state index contributed by atoms with van der Waals surface area (Å²) >= 11 is 9.22. The maximum atomic E-state index is 12.1. The van der Waals surface area contributed by atoms with Gasteiger partial charge in [-0.2, -0.15) is 0 Å². The first-order chi connectivity index (χ1) is 10.9. The molecule has 8 heteroatoms. The molecule has 0 aliphatic rings. The van der Waals surface area contributed by atoms with Gasteiger partial charge in [-0.3, -0.25) is 10.1 Å². The zero-order chi connectivity index (χ0) is 17.0. The lowest BCUT2D eigenvalue weighted by Crippen LogP contribution is -2.34. The third kappa shape index (κ3) is 5.11. The Morgan fingerprint density at radius 3 is 2.39 bits per heavy atom. The molecule has 0 radical (unpaired) electrons. The largest absolute Gasteiger partial charge is 0.478 e. The normalized spacial score (nSPS) is 10.0. The van der Waals surface area contributed by atoms with E-state index in [9.17, 15) is 14.7 Å². The number of aromatic carboxylic acids is 1. The second-order valence-electron chi connectivity index (χ2n) is 4.41. The van der Waals surface area contributed by atoms with Gasteiger partial charge in [0.05, 0.1) is 11.3 Å². The van der Waals surface area contributed by atoms with Crippen LogP contribution in [0.1, 0.15) is 20.7 Å². The number of rotatable bonds is 3. The molecule has 0 saturated carbocycles. The number of thiocarbonyl (C=S) groups is 1. The Hall–Kier alpha value is -1.27. The molecule has 2 aromatic rings. The smallest absolute Gasteiger partial charge is 0.337 e. The zero-order valence-corrected chi connectivity index (χ0v) is 16.6. The Kier molecular flexibility index (Phi) is 6.30. The van der Waals surface area contributed by atoms with E-state index in [1.807, 2.05) is 28.7 Å². The van der Waals surface area contributed by atoms with E-state index in [-0.39, 0.29) is 16.6 Å². The maximum absolute atomic E-state index is 12.1. The van der Waals surface area contributed by atoms with Crippen LogP contribution >= 0.6 is 57.4 Å². The molecule has 5 nitrogen and oxygen atoms in total. The first kappa shape index (κ1) is 18.1. The molecule has 0 spiro atoms. The van der Waals surface area contributed by atoms with Crippen molar-refractivity contribution in [1.82, 2.24) is 5.32 Å². The van der Waals surface area contributed by atoms with Crippen molar-refractivity contribution in [1.29, 1.82) is 0 Å². The fraction of sp³-hybridized carbons (Fsp3) is 0. The Morgan fingerprint density at radius 2 is 1.74 bits per heavy atom. The van der Waals surface area contributed by atoms with Crippen LogP contribution in [0.2, 0.25) is 0 Å². The summed E-state index contributed by atoms with van der Waals surface area (Å²) in [6.07, 6.45) is 0. The Balaban J connectivity index is 2.11. The summed E-state index contributed by atoms with van der Waals surface area (Å²) in [5.41, 5.74) is 0.885. The molecule has 2 rings (SSSR count). The average molecular weight is 552 g/mol. The summed E-state index contributed by atoms with van der Waals surface area (Å²) in [6.45, 7) is 0. The minimum atomic E-state index is -1.07. The van der Waals surface area contributed by atoms with Gasteiger partial charge in [-0.15, -0.1) is 0 Å². The first-order valence-corrected chi connectivity index (χ1v) is 8.84. The lowest BCUT2D eigenvalue weighted by molar-refractivity contribution is 0.0697. The Labute approximate surface area is 165 Å². The molecule has 2 aromatic carbocycles. The summed E-state index contributed by atoms with van der Waals surface area (Å²) < 4.78 is 1.72. The topological polar surface area (TPSA) is 78.4 Å². The number of halogens is 2. The molecule has 0 aliphatic carbocycles. The highest BCUT2D eigenvalue weighted by atomic mass is 127. The van der Waals surface area contributed by atoms with E-state index >= 15 is 0 Å². The molecule has 1 amide bonds. The summed E-state index contributed by atoms with van der Waals surface area (Å²) in [4.78, 5) is 23.4. The number of anilines is 1. The van der Waals surface area contributed by atoms with Gasteiger partial charge in [0.2, 0.25) is 0 Å². The van der Waals surface area contributed by atoms with Gasteiger partial charge in [0.15, 0.2) is 5.11 Å². The van der Waals surface area contributed by atoms with Crippen molar-refractivity contribution in [2.75, 3.05) is 5.32 Å². The van der Waals surface area contributed by atoms with Crippen molar-refractivity contribution in [3.63, 3.8) is 0 Å². The highest BCUT2D eigenvalue weighted by molar-refractivity contribution is 14.1. The molecule has 0 aliphatic heterocycles. The van der Waals surface area contributed by atoms with E-state index in [0.29, 0.717) is 11.3 Å². The maximum Gasteiger partial charge on any atom is 0.337 e. The van der Waals surface area contributed by atoms with E-state index < -0.39 is 5.97 Å². The molecular formula is C15H10I2N2O3S. The van der Waals surface area contributed by atoms with Gasteiger partial charge in [0.25, 0.3) is 5.91 Å². The van der Waals surface area contributed by atoms with Crippen molar-refractivity contribution in [3.8, 4) is 0 Å². The van der Waals surface area contributed by atoms with Gasteiger partial charge in [-0.05, 0) is 93.8 Å². The zero-order valence-electron chi connectivity index (χ0n) is 11.5. The fourth-order valence-corrected chi connectivity index (χ4v) is 3.00. The molecule has 0 heterocycles. The number of hydrogen-bond donors (Lipinski definition) is 3. The van der Waals surface area contributed by atoms with E-state index in [0.717, 1.165) is 7.14 Å². The number of hydrogen-bond acceptors (Lipinski definition) is 3. The van der Waals surface area contributed by atoms with Crippen LogP contribution in [0.15, 0.2) is 42.5 Å². The third-order valence-corrected chi connectivity index (χ3v) is 4.32. The van der Waals surface area contributed by atoms with Crippen molar-refractivity contribution in [2.45, 2.75) is 0 Å². The quantitative estimate of drug-likeness (QED) is 0.400. The van der Waals surface area contributed by atoms with E-state index in [4.69, 9.17) is 12.2 Å². The number of amides is 1. The molecule has 0 saturated heterocycles. The summed E-state index contributed by atoms with van der Waals surface area (Å²) in [6, 6.07) is 11.9. The molecule has 3 N–H and O–H groups in total. The molecular weight excluding hydrogens is 542 g/mol. The summed E-state index contributed by atoms with van der Waals surface area (Å²) in [5, 5.41) is 14.5. The average Bonchev–Trinajstić information content (AvgIpc) is 2.48. The molecule has 118 valence electrons. The number of carbonyl (C=O) groups excluding carboxylic acids is 1. The van der Waals surface area contributed by atoms with Crippen molar-refractivity contribution >= 4 is 80.1 Å². The second-order valence-corrected chi connectivity index (χ2v) is 7.31. The third-order valence-electron chi connectivity index (χ3n) is 2.77. The van der Waals surface area contributed by atoms with Gasteiger partial charge >= 0.3 is 5.97 Å². The minimum Gasteiger partial charge on any atom is -0.478 e. The van der Waals surface area contributed by atoms with Crippen LogP contribution in [-0.4, -0.2) is 22.1 Å². The highest BCUT2D eigenvalue weighted by Crippen LogP contribution is 2.19. The highest BCUT2D eigenvalue weighted by Gasteiger charge is 2.13. The van der Waals surface area contributed by atoms with Crippen molar-refractivity contribution < 1.29 is 14.7 Å². The van der Waals surface area contributed by atoms with Gasteiger partial charge in [-0.1, -0.05) is 6.07 Å². The fourth-order valence-electron chi connectivity index (χ4n) is 1.76. The predicted molar refractivity (Wildman–Crippen MR) is 109 cm³/mol. The van der Waals surface area contributed by atoms with Crippen LogP contribution in [0.3, 0.4) is 0 Å². The molecule has 0 fully saturated rings. The molecule has 23 heavy (non-hydrogen) atoms. The Morgan fingerprint density at radius 1 is 1.04 bits per heavy atom. The molecule has 0 bridgehead atoms. The lowest BCUT2D eigenvalue weighted by Gasteiger charge is -2.12. The van der Waals surface area contributed by atoms with Gasteiger partial charge in [0, 0.05) is 12.7 Å². The number of benzene rings is 2. The molecule has 0 atom stereocenters. The number of carbonyl (C=O) groups is 2. The second kappa shape index (κ2) is 8.02. The standard InChI is InChI=1S/C15H10I2N2O3S/c16-9-3-1-2-8(6-9)13(20)19-15(23)18-12-5-4-10(17)7-11(12)14(21)22/h1-7H,(H,21,22)(H2,18,19,20,23). The Bertz CT molecular complexity index is 796. The van der Waals surface area contributed by atoms with Crippen LogP contribution in [0.25, 0.3) is 0 Å². The SMILES string of the molecule is O=C(NC(=S)Nc1ccc(I)cc1C(=O)O)c1cccc(I)c1. The van der Waals surface area contributed by atoms with Crippen molar-refractivity contribution in [2.24, 2.45) is 0 Å². The first-order valence-electron chi connectivity index (χ1n) is 6.27. The molecule has 0 unspecified atom stereocenters. The van der Waals surface area contributed by atoms with E-state index in [2.05, 4.69) is 33.2 Å². The van der Waals surface area contributed by atoms with E-state index in [1.165, 1.54) is 6.07 Å². The number of carboxylic acids is 1. The van der Waals surface area contributed by atoms with Crippen LogP contribution in [0.4, 0.5) is 5.69 Å².